The van der Waals surface area contributed by atoms with Crippen molar-refractivity contribution in [2.24, 2.45) is 44.8 Å². The van der Waals surface area contributed by atoms with Gasteiger partial charge in [0.25, 0.3) is 0 Å². The Morgan fingerprint density at radius 2 is 1.44 bits per heavy atom. The highest BCUT2D eigenvalue weighted by Gasteiger charge is 2.87. The van der Waals surface area contributed by atoms with Crippen LogP contribution in [-0.4, -0.2) is 92.5 Å². The van der Waals surface area contributed by atoms with Gasteiger partial charge in [-0.3, -0.25) is 0 Å². The van der Waals surface area contributed by atoms with E-state index < -0.39 is 48.2 Å². The molecule has 0 unspecified atom stereocenters. The highest BCUT2D eigenvalue weighted by Crippen LogP contribution is 2.90. The first kappa shape index (κ1) is 30.0. The third-order valence-electron chi connectivity index (χ3n) is 15.6. The van der Waals surface area contributed by atoms with Crippen molar-refractivity contribution in [2.75, 3.05) is 6.61 Å². The largest absolute Gasteiger partial charge is 0.388 e. The minimum atomic E-state index is -1.28. The molecule has 9 heteroatoms. The van der Waals surface area contributed by atoms with Gasteiger partial charge in [-0.25, -0.2) is 0 Å². The molecule has 244 valence electrons. The van der Waals surface area contributed by atoms with Crippen molar-refractivity contribution in [2.45, 2.75) is 160 Å². The van der Waals surface area contributed by atoms with E-state index in [9.17, 15) is 25.5 Å². The predicted molar refractivity (Wildman–Crippen MR) is 154 cm³/mol. The minimum absolute atomic E-state index is 0.0545. The van der Waals surface area contributed by atoms with Gasteiger partial charge in [-0.2, -0.15) is 0 Å². The molecule has 43 heavy (non-hydrogen) atoms. The number of fused-ring (bicyclic) bond motifs is 4. The Bertz CT molecular complexity index is 1170. The van der Waals surface area contributed by atoms with Crippen LogP contribution in [0.15, 0.2) is 0 Å². The van der Waals surface area contributed by atoms with E-state index in [2.05, 4.69) is 27.7 Å². The fraction of sp³-hybridized carbons (Fsp3) is 1.00. The van der Waals surface area contributed by atoms with Crippen molar-refractivity contribution < 1.29 is 44.5 Å². The summed E-state index contributed by atoms with van der Waals surface area (Å²) in [7, 11) is 0. The molecule has 2 bridgehead atoms. The lowest BCUT2D eigenvalue weighted by atomic mass is 9.41. The summed E-state index contributed by atoms with van der Waals surface area (Å²) in [6.45, 7) is 12.9. The molecule has 3 heterocycles. The van der Waals surface area contributed by atoms with Crippen molar-refractivity contribution in [3.8, 4) is 0 Å². The van der Waals surface area contributed by atoms with E-state index in [1.807, 2.05) is 0 Å². The first-order chi connectivity index (χ1) is 20.0. The van der Waals surface area contributed by atoms with E-state index >= 15 is 0 Å². The fourth-order valence-corrected chi connectivity index (χ4v) is 13.4. The van der Waals surface area contributed by atoms with Crippen LogP contribution >= 0.6 is 0 Å². The molecule has 8 rings (SSSR count). The van der Waals surface area contributed by atoms with Crippen LogP contribution in [0, 0.1) is 44.8 Å². The van der Waals surface area contributed by atoms with Crippen LogP contribution in [0.25, 0.3) is 0 Å². The van der Waals surface area contributed by atoms with Crippen LogP contribution in [0.3, 0.4) is 0 Å². The van der Waals surface area contributed by atoms with Gasteiger partial charge in [0.15, 0.2) is 12.1 Å². The number of aliphatic hydroxyl groups is 5. The van der Waals surface area contributed by atoms with Crippen LogP contribution in [0.5, 0.6) is 0 Å². The number of aliphatic hydroxyl groups excluding tert-OH is 4. The first-order valence-electron chi connectivity index (χ1n) is 17.1. The summed E-state index contributed by atoms with van der Waals surface area (Å²) < 4.78 is 25.6. The van der Waals surface area contributed by atoms with Gasteiger partial charge in [0.2, 0.25) is 0 Å². The Kier molecular flexibility index (Phi) is 6.11. The van der Waals surface area contributed by atoms with Crippen molar-refractivity contribution in [3.63, 3.8) is 0 Å². The third kappa shape index (κ3) is 3.36. The quantitative estimate of drug-likeness (QED) is 0.307. The second-order valence-corrected chi connectivity index (χ2v) is 17.7. The van der Waals surface area contributed by atoms with E-state index in [1.54, 1.807) is 13.8 Å². The Balaban J connectivity index is 1.08. The van der Waals surface area contributed by atoms with Gasteiger partial charge in [0.05, 0.1) is 24.4 Å². The van der Waals surface area contributed by atoms with Gasteiger partial charge in [0, 0.05) is 11.3 Å². The molecular weight excluding hydrogens is 552 g/mol. The molecule has 0 amide bonds. The molecule has 16 atom stereocenters. The number of hydrogen-bond donors (Lipinski definition) is 5. The van der Waals surface area contributed by atoms with E-state index in [1.165, 1.54) is 6.42 Å². The van der Waals surface area contributed by atoms with Gasteiger partial charge in [-0.1, -0.05) is 27.7 Å². The summed E-state index contributed by atoms with van der Waals surface area (Å²) >= 11 is 0. The lowest BCUT2D eigenvalue weighted by molar-refractivity contribution is -0.303. The van der Waals surface area contributed by atoms with Crippen LogP contribution in [0.1, 0.15) is 99.3 Å². The topological polar surface area (TPSA) is 138 Å². The normalized spacial score (nSPS) is 61.6. The third-order valence-corrected chi connectivity index (χ3v) is 15.6. The lowest BCUT2D eigenvalue weighted by Gasteiger charge is -2.63. The standard InChI is InChI=1S/C34H54O9/c1-28(2)19-9-10-21-31(6)27(38)34-20(8-7-18(42-34)25(43-34)29(3,4)39)30(31,5)13-14-33(21)16-32(19,33)12-11-22(28)41-26-24(37)23(36)17(35)15-40-26/h17-27,35-39H,7-16H2,1-6H3/t17-,18-,19-,20-,21+,22+,23+,24-,25+,26+,27-,30-,31-,32-,33+,34-/m1/s1. The van der Waals surface area contributed by atoms with Gasteiger partial charge in [-0.05, 0) is 105 Å². The van der Waals surface area contributed by atoms with E-state index in [0.717, 1.165) is 51.4 Å². The summed E-state index contributed by atoms with van der Waals surface area (Å²) in [5.41, 5.74) is -1.31. The Morgan fingerprint density at radius 1 is 0.767 bits per heavy atom. The molecule has 0 radical (unpaired) electrons. The molecular formula is C34H54O9. The average Bonchev–Trinajstić information content (AvgIpc) is 3.47. The smallest absolute Gasteiger partial charge is 0.199 e. The van der Waals surface area contributed by atoms with Crippen molar-refractivity contribution in [1.29, 1.82) is 0 Å². The highest BCUT2D eigenvalue weighted by atomic mass is 16.8. The molecule has 8 fully saturated rings. The Morgan fingerprint density at radius 3 is 2.16 bits per heavy atom. The molecule has 5 aliphatic carbocycles. The lowest BCUT2D eigenvalue weighted by Crippen LogP contribution is -2.61. The maximum atomic E-state index is 12.5. The second kappa shape index (κ2) is 8.75. The monoisotopic (exact) mass is 606 g/mol. The molecule has 9 nitrogen and oxygen atoms in total. The van der Waals surface area contributed by atoms with Gasteiger partial charge in [-0.15, -0.1) is 0 Å². The van der Waals surface area contributed by atoms with Crippen LogP contribution < -0.4 is 0 Å². The number of hydrogen-bond acceptors (Lipinski definition) is 9. The molecule has 5 saturated carbocycles. The van der Waals surface area contributed by atoms with Crippen LogP contribution in [-0.2, 0) is 18.9 Å². The molecule has 0 aromatic rings. The summed E-state index contributed by atoms with van der Waals surface area (Å²) in [4.78, 5) is 0. The van der Waals surface area contributed by atoms with Gasteiger partial charge < -0.3 is 44.5 Å². The number of rotatable bonds is 3. The molecule has 3 saturated heterocycles. The predicted octanol–water partition coefficient (Wildman–Crippen LogP) is 2.88. The zero-order valence-corrected chi connectivity index (χ0v) is 26.8. The SMILES string of the molecule is CC(C)(O)[C@H]1O[C@]23O[C@@H]1CC[C@@H]2[C@@]1(C)CC[C@@]24C[C@@]25CC[C@H](O[C@@H]2OC[C@@H](O)[C@H](O)[C@H]2O)C(C)(C)[C@H]5CC[C@H]4[C@]1(C)[C@H]3O. The molecule has 3 aliphatic heterocycles. The molecule has 3 spiro atoms. The van der Waals surface area contributed by atoms with Crippen LogP contribution in [0.4, 0.5) is 0 Å². The fourth-order valence-electron chi connectivity index (χ4n) is 13.4. The van der Waals surface area contributed by atoms with E-state index in [-0.39, 0.29) is 51.8 Å². The summed E-state index contributed by atoms with van der Waals surface area (Å²) in [5, 5.41) is 54.3. The molecule has 0 aromatic heterocycles. The van der Waals surface area contributed by atoms with E-state index in [0.29, 0.717) is 11.8 Å². The zero-order valence-electron chi connectivity index (χ0n) is 26.8. The maximum absolute atomic E-state index is 12.5. The number of ether oxygens (including phenoxy) is 4. The van der Waals surface area contributed by atoms with Crippen molar-refractivity contribution in [3.05, 3.63) is 0 Å². The van der Waals surface area contributed by atoms with Gasteiger partial charge in [0.1, 0.15) is 30.5 Å². The summed E-state index contributed by atoms with van der Waals surface area (Å²) in [6.07, 6.45) is 3.08. The minimum Gasteiger partial charge on any atom is -0.388 e. The highest BCUT2D eigenvalue weighted by molar-refractivity contribution is 5.34. The van der Waals surface area contributed by atoms with Crippen LogP contribution in [0.2, 0.25) is 0 Å². The van der Waals surface area contributed by atoms with Crippen molar-refractivity contribution in [1.82, 2.24) is 0 Å². The Labute approximate surface area is 255 Å². The summed E-state index contributed by atoms with van der Waals surface area (Å²) in [6, 6.07) is 0. The van der Waals surface area contributed by atoms with Gasteiger partial charge >= 0.3 is 0 Å². The summed E-state index contributed by atoms with van der Waals surface area (Å²) in [5.74, 6) is -0.137. The Hall–Kier alpha value is -0.360. The second-order valence-electron chi connectivity index (χ2n) is 17.7. The molecule has 5 N–H and O–H groups in total. The maximum Gasteiger partial charge on any atom is 0.199 e. The molecule has 0 aromatic carbocycles. The first-order valence-corrected chi connectivity index (χ1v) is 17.1. The van der Waals surface area contributed by atoms with E-state index in [4.69, 9.17) is 18.9 Å². The molecule has 8 aliphatic rings. The average molecular weight is 607 g/mol. The zero-order chi connectivity index (χ0) is 30.8. The van der Waals surface area contributed by atoms with Crippen molar-refractivity contribution >= 4 is 0 Å².